The van der Waals surface area contributed by atoms with Crippen molar-refractivity contribution in [2.75, 3.05) is 13.1 Å². The number of aryl methyl sites for hydroxylation is 2. The molecule has 1 aromatic heterocycles. The monoisotopic (exact) mass is 441 g/mol. The zero-order chi connectivity index (χ0) is 16.7. The minimum atomic E-state index is 0. The molecular weight excluding hydrogens is 413 g/mol. The van der Waals surface area contributed by atoms with Crippen molar-refractivity contribution in [3.63, 3.8) is 0 Å². The van der Waals surface area contributed by atoms with Crippen molar-refractivity contribution in [2.24, 2.45) is 12.0 Å². The molecule has 1 heterocycles. The average Bonchev–Trinajstić information content (AvgIpc) is 2.95. The maximum atomic E-state index is 4.63. The number of rotatable bonds is 6. The van der Waals surface area contributed by atoms with Gasteiger partial charge in [-0.15, -0.1) is 24.0 Å². The lowest BCUT2D eigenvalue weighted by Crippen LogP contribution is -2.39. The van der Waals surface area contributed by atoms with Crippen molar-refractivity contribution in [1.29, 1.82) is 0 Å². The van der Waals surface area contributed by atoms with Crippen LogP contribution >= 0.6 is 24.0 Å². The topological polar surface area (TPSA) is 54.2 Å². The summed E-state index contributed by atoms with van der Waals surface area (Å²) in [7, 11) is 1.94. The minimum Gasteiger partial charge on any atom is -0.357 e. The highest BCUT2D eigenvalue weighted by Crippen LogP contribution is 2.14. The van der Waals surface area contributed by atoms with Crippen molar-refractivity contribution in [2.45, 2.75) is 33.2 Å². The second-order valence-electron chi connectivity index (χ2n) is 5.83. The van der Waals surface area contributed by atoms with Gasteiger partial charge in [0.1, 0.15) is 0 Å². The molecule has 2 N–H and O–H groups in total. The molecule has 0 aliphatic heterocycles. The van der Waals surface area contributed by atoms with Gasteiger partial charge in [0.15, 0.2) is 5.96 Å². The third-order valence-corrected chi connectivity index (χ3v) is 3.89. The Bertz CT molecular complexity index is 633. The molecular formula is C18H28IN5. The van der Waals surface area contributed by atoms with Crippen molar-refractivity contribution >= 4 is 29.9 Å². The van der Waals surface area contributed by atoms with Crippen LogP contribution in [0.15, 0.2) is 41.5 Å². The molecule has 0 radical (unpaired) electrons. The molecule has 1 unspecified atom stereocenters. The number of benzene rings is 1. The van der Waals surface area contributed by atoms with Crippen LogP contribution in [0, 0.1) is 6.92 Å². The number of aliphatic imine (C=N–C) groups is 1. The normalized spacial score (nSPS) is 12.4. The summed E-state index contributed by atoms with van der Waals surface area (Å²) in [4.78, 5) is 4.63. The van der Waals surface area contributed by atoms with Gasteiger partial charge in [-0.25, -0.2) is 4.99 Å². The Morgan fingerprint density at radius 1 is 1.21 bits per heavy atom. The molecule has 1 atom stereocenters. The molecule has 0 saturated heterocycles. The smallest absolute Gasteiger partial charge is 0.191 e. The lowest BCUT2D eigenvalue weighted by Gasteiger charge is -2.16. The summed E-state index contributed by atoms with van der Waals surface area (Å²) < 4.78 is 1.85. The number of nitrogens with one attached hydrogen (secondary N) is 2. The first kappa shape index (κ1) is 20.5. The number of halogens is 1. The van der Waals surface area contributed by atoms with Crippen molar-refractivity contribution in [1.82, 2.24) is 20.4 Å². The third-order valence-electron chi connectivity index (χ3n) is 3.89. The van der Waals surface area contributed by atoms with E-state index in [9.17, 15) is 0 Å². The van der Waals surface area contributed by atoms with Gasteiger partial charge in [0, 0.05) is 26.3 Å². The molecule has 0 aliphatic carbocycles. The molecule has 2 rings (SSSR count). The molecule has 24 heavy (non-hydrogen) atoms. The highest BCUT2D eigenvalue weighted by Gasteiger charge is 2.07. The van der Waals surface area contributed by atoms with Gasteiger partial charge in [-0.05, 0) is 31.4 Å². The largest absolute Gasteiger partial charge is 0.357 e. The molecule has 0 fully saturated rings. The van der Waals surface area contributed by atoms with E-state index < -0.39 is 0 Å². The summed E-state index contributed by atoms with van der Waals surface area (Å²) in [5, 5.41) is 10.9. The summed E-state index contributed by atoms with van der Waals surface area (Å²) >= 11 is 0. The number of hydrogen-bond donors (Lipinski definition) is 2. The summed E-state index contributed by atoms with van der Waals surface area (Å²) in [6.07, 6.45) is 1.80. The third kappa shape index (κ3) is 6.14. The van der Waals surface area contributed by atoms with Gasteiger partial charge in [0.25, 0.3) is 0 Å². The van der Waals surface area contributed by atoms with Crippen LogP contribution in [0.3, 0.4) is 0 Å². The Morgan fingerprint density at radius 2 is 1.92 bits per heavy atom. The summed E-state index contributed by atoms with van der Waals surface area (Å²) in [5.41, 5.74) is 3.72. The first-order valence-electron chi connectivity index (χ1n) is 8.15. The molecule has 1 aromatic carbocycles. The number of guanidine groups is 1. The molecule has 0 amide bonds. The van der Waals surface area contributed by atoms with E-state index in [1.54, 1.807) is 6.20 Å². The van der Waals surface area contributed by atoms with Gasteiger partial charge in [-0.1, -0.05) is 36.8 Å². The van der Waals surface area contributed by atoms with E-state index in [2.05, 4.69) is 65.8 Å². The molecule has 0 spiro atoms. The van der Waals surface area contributed by atoms with E-state index in [1.807, 2.05) is 17.8 Å². The maximum absolute atomic E-state index is 4.63. The molecule has 5 nitrogen and oxygen atoms in total. The second-order valence-corrected chi connectivity index (χ2v) is 5.83. The standard InChI is InChI=1S/C18H27N5.HI/c1-5-19-18(21-13-17-10-11-22-23(17)4)20-12-15(3)16-8-6-14(2)7-9-16;/h6-11,15H,5,12-13H2,1-4H3,(H2,19,20,21);1H. The van der Waals surface area contributed by atoms with Crippen LogP contribution in [0.25, 0.3) is 0 Å². The Kier molecular flexibility index (Phi) is 8.81. The Morgan fingerprint density at radius 3 is 2.50 bits per heavy atom. The Labute approximate surface area is 162 Å². The zero-order valence-corrected chi connectivity index (χ0v) is 17.2. The molecule has 132 valence electrons. The van der Waals surface area contributed by atoms with E-state index in [-0.39, 0.29) is 24.0 Å². The van der Waals surface area contributed by atoms with Crippen LogP contribution in [0.5, 0.6) is 0 Å². The van der Waals surface area contributed by atoms with Gasteiger partial charge in [-0.3, -0.25) is 4.68 Å². The van der Waals surface area contributed by atoms with Crippen LogP contribution in [0.2, 0.25) is 0 Å². The van der Waals surface area contributed by atoms with Crippen LogP contribution in [0.1, 0.15) is 36.6 Å². The Balaban J connectivity index is 0.00000288. The summed E-state index contributed by atoms with van der Waals surface area (Å²) in [5.74, 6) is 1.27. The average molecular weight is 441 g/mol. The van der Waals surface area contributed by atoms with E-state index in [0.717, 1.165) is 24.7 Å². The fourth-order valence-electron chi connectivity index (χ4n) is 2.32. The molecule has 6 heteroatoms. The quantitative estimate of drug-likeness (QED) is 0.411. The first-order chi connectivity index (χ1) is 11.1. The van der Waals surface area contributed by atoms with Crippen LogP contribution in [-0.4, -0.2) is 28.8 Å². The second kappa shape index (κ2) is 10.3. The molecule has 0 bridgehead atoms. The van der Waals surface area contributed by atoms with E-state index in [0.29, 0.717) is 12.5 Å². The highest BCUT2D eigenvalue weighted by molar-refractivity contribution is 14.0. The van der Waals surface area contributed by atoms with Gasteiger partial charge >= 0.3 is 0 Å². The maximum Gasteiger partial charge on any atom is 0.191 e. The van der Waals surface area contributed by atoms with Gasteiger partial charge in [0.05, 0.1) is 12.2 Å². The van der Waals surface area contributed by atoms with Crippen LogP contribution in [0.4, 0.5) is 0 Å². The van der Waals surface area contributed by atoms with Crippen LogP contribution in [-0.2, 0) is 13.6 Å². The van der Waals surface area contributed by atoms with Gasteiger partial charge < -0.3 is 10.6 Å². The Hall–Kier alpha value is -1.57. The minimum absolute atomic E-state index is 0. The highest BCUT2D eigenvalue weighted by atomic mass is 127. The number of hydrogen-bond acceptors (Lipinski definition) is 2. The lowest BCUT2D eigenvalue weighted by molar-refractivity contribution is 0.688. The summed E-state index contributed by atoms with van der Waals surface area (Å²) in [6, 6.07) is 10.7. The van der Waals surface area contributed by atoms with Crippen molar-refractivity contribution in [3.8, 4) is 0 Å². The van der Waals surface area contributed by atoms with E-state index in [1.165, 1.54) is 11.1 Å². The van der Waals surface area contributed by atoms with Crippen molar-refractivity contribution in [3.05, 3.63) is 53.3 Å². The fourth-order valence-corrected chi connectivity index (χ4v) is 2.32. The molecule has 0 aliphatic rings. The predicted molar refractivity (Wildman–Crippen MR) is 111 cm³/mol. The first-order valence-corrected chi connectivity index (χ1v) is 8.15. The lowest BCUT2D eigenvalue weighted by atomic mass is 10.0. The van der Waals surface area contributed by atoms with Crippen LogP contribution < -0.4 is 10.6 Å². The van der Waals surface area contributed by atoms with Gasteiger partial charge in [0.2, 0.25) is 0 Å². The zero-order valence-electron chi connectivity index (χ0n) is 14.9. The van der Waals surface area contributed by atoms with Gasteiger partial charge in [-0.2, -0.15) is 5.10 Å². The molecule has 0 saturated carbocycles. The fraction of sp³-hybridized carbons (Fsp3) is 0.444. The van der Waals surface area contributed by atoms with E-state index >= 15 is 0 Å². The molecule has 2 aromatic rings. The number of nitrogens with zero attached hydrogens (tertiary/aromatic N) is 3. The van der Waals surface area contributed by atoms with E-state index in [4.69, 9.17) is 0 Å². The summed E-state index contributed by atoms with van der Waals surface area (Å²) in [6.45, 7) is 8.72. The van der Waals surface area contributed by atoms with Crippen molar-refractivity contribution < 1.29 is 0 Å². The predicted octanol–water partition coefficient (Wildman–Crippen LogP) is 3.21. The SMILES string of the molecule is CCNC(=NCc1ccnn1C)NCC(C)c1ccc(C)cc1.I. The number of aromatic nitrogens is 2.